The molecule has 0 saturated carbocycles. The third kappa shape index (κ3) is 3.41. The van der Waals surface area contributed by atoms with Crippen molar-refractivity contribution in [3.05, 3.63) is 64.0 Å². The lowest BCUT2D eigenvalue weighted by molar-refractivity contribution is 0.0990. The number of halogens is 1. The number of nitrogens with zero attached hydrogens (tertiary/aromatic N) is 5. The topological polar surface area (TPSA) is 97.9 Å². The predicted octanol–water partition coefficient (Wildman–Crippen LogP) is 2.87. The zero-order chi connectivity index (χ0) is 19.8. The lowest BCUT2D eigenvalue weighted by Crippen LogP contribution is -2.32. The van der Waals surface area contributed by atoms with Crippen LogP contribution >= 0.6 is 11.6 Å². The average Bonchev–Trinajstić information content (AvgIpc) is 2.68. The van der Waals surface area contributed by atoms with E-state index in [0.29, 0.717) is 18.0 Å². The van der Waals surface area contributed by atoms with E-state index in [9.17, 15) is 4.79 Å². The molecular formula is C20H19ClN6O. The largest absolute Gasteiger partial charge is 0.363 e. The summed E-state index contributed by atoms with van der Waals surface area (Å²) in [6.07, 6.45) is 5.84. The molecule has 0 radical (unpaired) electrons. The van der Waals surface area contributed by atoms with Gasteiger partial charge in [0, 0.05) is 49.2 Å². The van der Waals surface area contributed by atoms with Gasteiger partial charge in [0.15, 0.2) is 0 Å². The van der Waals surface area contributed by atoms with E-state index in [1.807, 2.05) is 26.1 Å². The smallest absolute Gasteiger partial charge is 0.286 e. The fourth-order valence-electron chi connectivity index (χ4n) is 3.41. The molecular weight excluding hydrogens is 376 g/mol. The van der Waals surface area contributed by atoms with Crippen molar-refractivity contribution in [3.8, 4) is 11.3 Å². The maximum absolute atomic E-state index is 11.3. The first kappa shape index (κ1) is 18.3. The van der Waals surface area contributed by atoms with Gasteiger partial charge in [0.1, 0.15) is 5.82 Å². The van der Waals surface area contributed by atoms with E-state index in [0.717, 1.165) is 46.0 Å². The number of rotatable bonds is 3. The molecule has 0 fully saturated rings. The minimum atomic E-state index is -0.616. The van der Waals surface area contributed by atoms with Crippen molar-refractivity contribution in [2.45, 2.75) is 26.8 Å². The molecule has 1 amide bonds. The molecule has 0 atom stereocenters. The number of pyridine rings is 2. The number of nitrogens with two attached hydrogens (primary N) is 1. The second kappa shape index (κ2) is 7.16. The van der Waals surface area contributed by atoms with Crippen LogP contribution in [0.2, 0.25) is 5.02 Å². The molecule has 3 aromatic rings. The molecule has 2 N–H and O–H groups in total. The summed E-state index contributed by atoms with van der Waals surface area (Å²) in [5.41, 5.74) is 11.0. The number of aromatic nitrogens is 4. The standard InChI is InChI=1S/C20H19ClN6O/c1-11-5-12(2)18(24-7-11)14-6-17(23-9-15(14)21)27-4-3-16-13(10-27)8-25-20(26-16)19(22)28/h5-9H,3-4,10H2,1-2H3,(H2,22,28). The van der Waals surface area contributed by atoms with Crippen LogP contribution in [0.5, 0.6) is 0 Å². The Labute approximate surface area is 167 Å². The number of amides is 1. The highest BCUT2D eigenvalue weighted by molar-refractivity contribution is 6.33. The minimum Gasteiger partial charge on any atom is -0.363 e. The maximum Gasteiger partial charge on any atom is 0.286 e. The molecule has 0 bridgehead atoms. The third-order valence-electron chi connectivity index (χ3n) is 4.79. The van der Waals surface area contributed by atoms with Gasteiger partial charge < -0.3 is 10.6 Å². The van der Waals surface area contributed by atoms with Gasteiger partial charge in [-0.25, -0.2) is 15.0 Å². The number of aryl methyl sites for hydroxylation is 2. The van der Waals surface area contributed by atoms with Gasteiger partial charge in [-0.3, -0.25) is 9.78 Å². The highest BCUT2D eigenvalue weighted by atomic mass is 35.5. The Morgan fingerprint density at radius 1 is 1.14 bits per heavy atom. The van der Waals surface area contributed by atoms with Crippen LogP contribution in [0.4, 0.5) is 5.82 Å². The van der Waals surface area contributed by atoms with Gasteiger partial charge in [-0.05, 0) is 31.0 Å². The summed E-state index contributed by atoms with van der Waals surface area (Å²) >= 11 is 6.42. The van der Waals surface area contributed by atoms with E-state index in [1.54, 1.807) is 12.4 Å². The first-order valence-corrected chi connectivity index (χ1v) is 9.29. The van der Waals surface area contributed by atoms with Gasteiger partial charge in [-0.15, -0.1) is 0 Å². The molecule has 28 heavy (non-hydrogen) atoms. The van der Waals surface area contributed by atoms with E-state index in [1.165, 1.54) is 0 Å². The lowest BCUT2D eigenvalue weighted by atomic mass is 10.0. The summed E-state index contributed by atoms with van der Waals surface area (Å²) in [5.74, 6) is 0.251. The SMILES string of the molecule is Cc1cnc(-c2cc(N3CCc4nc(C(N)=O)ncc4C3)ncc2Cl)c(C)c1. The molecule has 0 saturated heterocycles. The Morgan fingerprint density at radius 3 is 2.71 bits per heavy atom. The van der Waals surface area contributed by atoms with E-state index in [4.69, 9.17) is 17.3 Å². The third-order valence-corrected chi connectivity index (χ3v) is 5.09. The Bertz CT molecular complexity index is 1080. The molecule has 0 spiro atoms. The molecule has 0 aromatic carbocycles. The Balaban J connectivity index is 1.66. The molecule has 4 heterocycles. The second-order valence-corrected chi connectivity index (χ2v) is 7.31. The van der Waals surface area contributed by atoms with Crippen molar-refractivity contribution in [2.75, 3.05) is 11.4 Å². The van der Waals surface area contributed by atoms with Crippen molar-refractivity contribution in [2.24, 2.45) is 5.73 Å². The normalized spacial score (nSPS) is 13.3. The Hall–Kier alpha value is -3.06. The van der Waals surface area contributed by atoms with E-state index >= 15 is 0 Å². The van der Waals surface area contributed by atoms with Crippen LogP contribution in [0.3, 0.4) is 0 Å². The fraction of sp³-hybridized carbons (Fsp3) is 0.250. The molecule has 3 aromatic heterocycles. The van der Waals surface area contributed by atoms with Gasteiger partial charge in [0.05, 0.1) is 16.4 Å². The van der Waals surface area contributed by atoms with E-state index < -0.39 is 5.91 Å². The summed E-state index contributed by atoms with van der Waals surface area (Å²) in [6, 6.07) is 4.06. The van der Waals surface area contributed by atoms with Crippen molar-refractivity contribution in [1.82, 2.24) is 19.9 Å². The maximum atomic E-state index is 11.3. The Kier molecular flexibility index (Phi) is 4.68. The summed E-state index contributed by atoms with van der Waals surface area (Å²) in [4.78, 5) is 30.8. The number of hydrogen-bond donors (Lipinski definition) is 1. The zero-order valence-electron chi connectivity index (χ0n) is 15.6. The van der Waals surface area contributed by atoms with Gasteiger partial charge in [0.2, 0.25) is 5.82 Å². The van der Waals surface area contributed by atoms with Crippen LogP contribution in [-0.2, 0) is 13.0 Å². The number of primary amides is 1. The van der Waals surface area contributed by atoms with Crippen LogP contribution in [0.25, 0.3) is 11.3 Å². The highest BCUT2D eigenvalue weighted by Crippen LogP contribution is 2.32. The van der Waals surface area contributed by atoms with E-state index in [-0.39, 0.29) is 5.82 Å². The fourth-order valence-corrected chi connectivity index (χ4v) is 3.60. The van der Waals surface area contributed by atoms with Gasteiger partial charge in [-0.1, -0.05) is 17.7 Å². The van der Waals surface area contributed by atoms with Crippen molar-refractivity contribution < 1.29 is 4.79 Å². The summed E-state index contributed by atoms with van der Waals surface area (Å²) in [5, 5.41) is 0.565. The van der Waals surface area contributed by atoms with Crippen molar-refractivity contribution in [3.63, 3.8) is 0 Å². The molecule has 0 aliphatic carbocycles. The summed E-state index contributed by atoms with van der Waals surface area (Å²) < 4.78 is 0. The quantitative estimate of drug-likeness (QED) is 0.733. The summed E-state index contributed by atoms with van der Waals surface area (Å²) in [6.45, 7) is 5.36. The summed E-state index contributed by atoms with van der Waals surface area (Å²) in [7, 11) is 0. The molecule has 1 aliphatic rings. The number of hydrogen-bond acceptors (Lipinski definition) is 6. The van der Waals surface area contributed by atoms with Crippen LogP contribution in [0.1, 0.15) is 33.0 Å². The first-order chi connectivity index (χ1) is 13.4. The molecule has 8 heteroatoms. The highest BCUT2D eigenvalue weighted by Gasteiger charge is 2.22. The number of fused-ring (bicyclic) bond motifs is 1. The van der Waals surface area contributed by atoms with Crippen LogP contribution in [0, 0.1) is 13.8 Å². The lowest BCUT2D eigenvalue weighted by Gasteiger charge is -2.29. The van der Waals surface area contributed by atoms with Gasteiger partial charge in [0.25, 0.3) is 5.91 Å². The monoisotopic (exact) mass is 394 g/mol. The number of carbonyl (C=O) groups is 1. The zero-order valence-corrected chi connectivity index (χ0v) is 16.4. The van der Waals surface area contributed by atoms with Crippen LogP contribution in [-0.4, -0.2) is 32.4 Å². The molecule has 0 unspecified atom stereocenters. The van der Waals surface area contributed by atoms with Gasteiger partial charge >= 0.3 is 0 Å². The van der Waals surface area contributed by atoms with Gasteiger partial charge in [-0.2, -0.15) is 0 Å². The van der Waals surface area contributed by atoms with E-state index in [2.05, 4.69) is 30.9 Å². The molecule has 7 nitrogen and oxygen atoms in total. The van der Waals surface area contributed by atoms with Crippen LogP contribution < -0.4 is 10.6 Å². The number of carbonyl (C=O) groups excluding carboxylic acids is 1. The van der Waals surface area contributed by atoms with Crippen LogP contribution in [0.15, 0.2) is 30.7 Å². The molecule has 1 aliphatic heterocycles. The second-order valence-electron chi connectivity index (χ2n) is 6.90. The Morgan fingerprint density at radius 2 is 1.96 bits per heavy atom. The molecule has 4 rings (SSSR count). The number of anilines is 1. The predicted molar refractivity (Wildman–Crippen MR) is 107 cm³/mol. The molecule has 142 valence electrons. The average molecular weight is 395 g/mol. The first-order valence-electron chi connectivity index (χ1n) is 8.91. The van der Waals surface area contributed by atoms with Crippen molar-refractivity contribution in [1.29, 1.82) is 0 Å². The minimum absolute atomic E-state index is 0.0556. The van der Waals surface area contributed by atoms with Crippen molar-refractivity contribution >= 4 is 23.3 Å².